The number of hydrogen-bond donors (Lipinski definition) is 0. The third-order valence-electron chi connectivity index (χ3n) is 5.04. The highest BCUT2D eigenvalue weighted by atomic mass is 16.2. The van der Waals surface area contributed by atoms with Gasteiger partial charge in [0.05, 0.1) is 5.56 Å². The van der Waals surface area contributed by atoms with E-state index in [9.17, 15) is 4.79 Å². The Balaban J connectivity index is 1.56. The van der Waals surface area contributed by atoms with E-state index in [1.807, 2.05) is 4.90 Å². The van der Waals surface area contributed by atoms with E-state index < -0.39 is 0 Å². The fourth-order valence-corrected chi connectivity index (χ4v) is 3.83. The fourth-order valence-electron chi connectivity index (χ4n) is 3.83. The predicted molar refractivity (Wildman–Crippen MR) is 81.4 cm³/mol. The number of carbonyl (C=O) groups is 1. The van der Waals surface area contributed by atoms with Gasteiger partial charge in [0.15, 0.2) is 5.65 Å². The van der Waals surface area contributed by atoms with Gasteiger partial charge < -0.3 is 9.80 Å². The summed E-state index contributed by atoms with van der Waals surface area (Å²) in [5.41, 5.74) is 2.28. The van der Waals surface area contributed by atoms with Crippen molar-refractivity contribution in [1.29, 1.82) is 0 Å². The first-order chi connectivity index (χ1) is 10.6. The normalized spacial score (nSPS) is 25.6. The number of aromatic nitrogens is 4. The molecule has 0 aromatic carbocycles. The van der Waals surface area contributed by atoms with Crippen molar-refractivity contribution in [2.45, 2.75) is 12.8 Å². The second kappa shape index (κ2) is 4.74. The van der Waals surface area contributed by atoms with E-state index in [1.165, 1.54) is 6.42 Å². The Morgan fingerprint density at radius 1 is 1.23 bits per heavy atom. The summed E-state index contributed by atoms with van der Waals surface area (Å²) in [5, 5.41) is 7.98. The zero-order chi connectivity index (χ0) is 15.3. The van der Waals surface area contributed by atoms with E-state index in [0.29, 0.717) is 22.1 Å². The highest BCUT2D eigenvalue weighted by molar-refractivity contribution is 5.96. The topological polar surface area (TPSA) is 67.2 Å². The minimum Gasteiger partial charge on any atom is -0.338 e. The first-order valence-corrected chi connectivity index (χ1v) is 7.70. The van der Waals surface area contributed by atoms with Gasteiger partial charge in [0.1, 0.15) is 5.52 Å². The largest absolute Gasteiger partial charge is 0.338 e. The van der Waals surface area contributed by atoms with Gasteiger partial charge in [-0.3, -0.25) is 4.79 Å². The summed E-state index contributed by atoms with van der Waals surface area (Å²) in [5.74, 6) is 0.0616. The maximum atomic E-state index is 12.7. The van der Waals surface area contributed by atoms with Crippen LogP contribution in [0.2, 0.25) is 0 Å². The van der Waals surface area contributed by atoms with E-state index in [-0.39, 0.29) is 5.91 Å². The summed E-state index contributed by atoms with van der Waals surface area (Å²) < 4.78 is 1.61. The summed E-state index contributed by atoms with van der Waals surface area (Å²) in [4.78, 5) is 21.4. The van der Waals surface area contributed by atoms with Crippen LogP contribution in [0.15, 0.2) is 12.3 Å². The molecule has 2 fully saturated rings. The SMILES string of the molecule is CN1CCC2(CCN(C(=O)c3cnc4c(c3)nnn4C)C2)C1. The number of fused-ring (bicyclic) bond motifs is 1. The molecule has 116 valence electrons. The van der Waals surface area contributed by atoms with E-state index in [2.05, 4.69) is 27.2 Å². The number of carbonyl (C=O) groups excluding carboxylic acids is 1. The summed E-state index contributed by atoms with van der Waals surface area (Å²) in [7, 11) is 3.95. The van der Waals surface area contributed by atoms with Gasteiger partial charge in [-0.1, -0.05) is 5.21 Å². The molecule has 2 aromatic heterocycles. The molecule has 2 aromatic rings. The molecule has 2 saturated heterocycles. The third kappa shape index (κ3) is 2.08. The van der Waals surface area contributed by atoms with Gasteiger partial charge in [-0.15, -0.1) is 5.10 Å². The number of likely N-dealkylation sites (tertiary alicyclic amines) is 2. The van der Waals surface area contributed by atoms with Crippen LogP contribution in [-0.4, -0.2) is 68.9 Å². The zero-order valence-corrected chi connectivity index (χ0v) is 13.0. The van der Waals surface area contributed by atoms with Crippen molar-refractivity contribution in [2.75, 3.05) is 33.2 Å². The molecule has 0 radical (unpaired) electrons. The van der Waals surface area contributed by atoms with Crippen molar-refractivity contribution in [2.24, 2.45) is 12.5 Å². The summed E-state index contributed by atoms with van der Waals surface area (Å²) in [6.45, 7) is 3.92. The second-order valence-electron chi connectivity index (χ2n) is 6.74. The average molecular weight is 300 g/mol. The number of amides is 1. The fraction of sp³-hybridized carbons (Fsp3) is 0.600. The minimum absolute atomic E-state index is 0.0616. The first kappa shape index (κ1) is 13.6. The van der Waals surface area contributed by atoms with Crippen molar-refractivity contribution < 1.29 is 4.79 Å². The van der Waals surface area contributed by atoms with Crippen molar-refractivity contribution in [3.8, 4) is 0 Å². The standard InChI is InChI=1S/C15H20N6O/c1-19-5-3-15(9-19)4-6-21(10-15)14(22)11-7-12-13(16-8-11)20(2)18-17-12/h7-8H,3-6,9-10H2,1-2H3. The Labute approximate surface area is 128 Å². The molecule has 4 rings (SSSR count). The lowest BCUT2D eigenvalue weighted by atomic mass is 9.86. The number of hydrogen-bond acceptors (Lipinski definition) is 5. The van der Waals surface area contributed by atoms with Crippen LogP contribution in [0.25, 0.3) is 11.2 Å². The molecule has 1 amide bonds. The Bertz CT molecular complexity index is 741. The highest BCUT2D eigenvalue weighted by Gasteiger charge is 2.43. The number of aryl methyl sites for hydroxylation is 1. The lowest BCUT2D eigenvalue weighted by Crippen LogP contribution is -2.33. The van der Waals surface area contributed by atoms with Crippen LogP contribution in [0.1, 0.15) is 23.2 Å². The minimum atomic E-state index is 0.0616. The Kier molecular flexibility index (Phi) is 2.94. The average Bonchev–Trinajstić information content (AvgIpc) is 3.20. The molecule has 2 aliphatic rings. The smallest absolute Gasteiger partial charge is 0.255 e. The van der Waals surface area contributed by atoms with Crippen LogP contribution >= 0.6 is 0 Å². The van der Waals surface area contributed by atoms with Crippen LogP contribution in [0.3, 0.4) is 0 Å². The molecule has 1 spiro atoms. The van der Waals surface area contributed by atoms with Crippen LogP contribution < -0.4 is 0 Å². The molecular formula is C15H20N6O. The summed E-state index contributed by atoms with van der Waals surface area (Å²) in [6, 6.07) is 1.80. The van der Waals surface area contributed by atoms with Crippen LogP contribution in [-0.2, 0) is 7.05 Å². The molecule has 7 nitrogen and oxygen atoms in total. The number of rotatable bonds is 1. The maximum Gasteiger partial charge on any atom is 0.255 e. The number of nitrogens with zero attached hydrogens (tertiary/aromatic N) is 6. The van der Waals surface area contributed by atoms with Crippen LogP contribution in [0, 0.1) is 5.41 Å². The van der Waals surface area contributed by atoms with Gasteiger partial charge in [-0.05, 0) is 32.5 Å². The summed E-state index contributed by atoms with van der Waals surface area (Å²) >= 11 is 0. The molecule has 0 bridgehead atoms. The Hall–Kier alpha value is -2.02. The van der Waals surface area contributed by atoms with E-state index >= 15 is 0 Å². The predicted octanol–water partition coefficient (Wildman–Crippen LogP) is 0.531. The van der Waals surface area contributed by atoms with Crippen molar-refractivity contribution >= 4 is 17.1 Å². The first-order valence-electron chi connectivity index (χ1n) is 7.70. The molecule has 1 unspecified atom stereocenters. The lowest BCUT2D eigenvalue weighted by Gasteiger charge is -2.23. The van der Waals surface area contributed by atoms with Crippen LogP contribution in [0.5, 0.6) is 0 Å². The van der Waals surface area contributed by atoms with E-state index in [4.69, 9.17) is 0 Å². The summed E-state index contributed by atoms with van der Waals surface area (Å²) in [6.07, 6.45) is 3.93. The van der Waals surface area contributed by atoms with Gasteiger partial charge in [-0.25, -0.2) is 9.67 Å². The quantitative estimate of drug-likeness (QED) is 0.768. The van der Waals surface area contributed by atoms with Gasteiger partial charge in [-0.2, -0.15) is 0 Å². The Morgan fingerprint density at radius 2 is 2.05 bits per heavy atom. The molecule has 0 N–H and O–H groups in total. The van der Waals surface area contributed by atoms with Crippen molar-refractivity contribution in [3.05, 3.63) is 17.8 Å². The van der Waals surface area contributed by atoms with E-state index in [0.717, 1.165) is 32.6 Å². The number of pyridine rings is 1. The van der Waals surface area contributed by atoms with Gasteiger partial charge in [0.25, 0.3) is 5.91 Å². The zero-order valence-electron chi connectivity index (χ0n) is 13.0. The third-order valence-corrected chi connectivity index (χ3v) is 5.04. The molecule has 0 aliphatic carbocycles. The van der Waals surface area contributed by atoms with Gasteiger partial charge in [0.2, 0.25) is 0 Å². The van der Waals surface area contributed by atoms with Gasteiger partial charge in [0, 0.05) is 38.3 Å². The molecule has 22 heavy (non-hydrogen) atoms. The molecule has 0 saturated carbocycles. The van der Waals surface area contributed by atoms with E-state index in [1.54, 1.807) is 24.0 Å². The molecule has 7 heteroatoms. The second-order valence-corrected chi connectivity index (χ2v) is 6.74. The molecule has 4 heterocycles. The van der Waals surface area contributed by atoms with Gasteiger partial charge >= 0.3 is 0 Å². The van der Waals surface area contributed by atoms with Crippen LogP contribution in [0.4, 0.5) is 0 Å². The van der Waals surface area contributed by atoms with Crippen molar-refractivity contribution in [1.82, 2.24) is 29.8 Å². The lowest BCUT2D eigenvalue weighted by molar-refractivity contribution is 0.0773. The van der Waals surface area contributed by atoms with Crippen molar-refractivity contribution in [3.63, 3.8) is 0 Å². The Morgan fingerprint density at radius 3 is 2.82 bits per heavy atom. The highest BCUT2D eigenvalue weighted by Crippen LogP contribution is 2.39. The molecule has 1 atom stereocenters. The monoisotopic (exact) mass is 300 g/mol. The molecular weight excluding hydrogens is 280 g/mol. The molecule has 2 aliphatic heterocycles. The maximum absolute atomic E-state index is 12.7.